The van der Waals surface area contributed by atoms with Gasteiger partial charge in [-0.2, -0.15) is 0 Å². The molecule has 16 heavy (non-hydrogen) atoms. The first kappa shape index (κ1) is 11.5. The molecular weight excluding hydrogens is 209 g/mol. The van der Waals surface area contributed by atoms with Crippen molar-refractivity contribution >= 4 is 0 Å². The Morgan fingerprint density at radius 1 is 1.50 bits per heavy atom. The number of hydrogen-bond donors (Lipinski definition) is 2. The van der Waals surface area contributed by atoms with Gasteiger partial charge in [0.05, 0.1) is 13.2 Å². The van der Waals surface area contributed by atoms with Crippen LogP contribution in [-0.4, -0.2) is 37.0 Å². The quantitative estimate of drug-likeness (QED) is 0.796. The van der Waals surface area contributed by atoms with E-state index in [1.165, 1.54) is 12.1 Å². The molecule has 3 nitrogen and oxygen atoms in total. The molecule has 0 aromatic heterocycles. The second-order valence-corrected chi connectivity index (χ2v) is 4.17. The van der Waals surface area contributed by atoms with E-state index < -0.39 is 5.60 Å². The Bertz CT molecular complexity index is 351. The van der Waals surface area contributed by atoms with Gasteiger partial charge in [-0.15, -0.1) is 0 Å². The summed E-state index contributed by atoms with van der Waals surface area (Å²) in [6.07, 6.45) is 0.522. The average molecular weight is 225 g/mol. The lowest BCUT2D eigenvalue weighted by atomic mass is 9.94. The minimum atomic E-state index is -0.605. The van der Waals surface area contributed by atoms with Crippen LogP contribution in [0.3, 0.4) is 0 Å². The molecule has 1 aromatic rings. The average Bonchev–Trinajstić information content (AvgIpc) is 2.30. The molecule has 1 heterocycles. The van der Waals surface area contributed by atoms with E-state index in [0.717, 1.165) is 12.1 Å². The lowest BCUT2D eigenvalue weighted by Crippen LogP contribution is -2.53. The zero-order chi connectivity index (χ0) is 11.4. The SMILES string of the molecule is OCC1(Cc2cccc(F)c2)CNCCO1. The molecule has 0 radical (unpaired) electrons. The highest BCUT2D eigenvalue weighted by molar-refractivity contribution is 5.19. The first-order valence-corrected chi connectivity index (χ1v) is 5.44. The second kappa shape index (κ2) is 4.91. The van der Waals surface area contributed by atoms with E-state index in [-0.39, 0.29) is 12.4 Å². The largest absolute Gasteiger partial charge is 0.393 e. The molecule has 2 rings (SSSR count). The molecule has 0 bridgehead atoms. The Morgan fingerprint density at radius 3 is 3.00 bits per heavy atom. The molecule has 1 saturated heterocycles. The topological polar surface area (TPSA) is 41.5 Å². The van der Waals surface area contributed by atoms with Gasteiger partial charge in [0.25, 0.3) is 0 Å². The van der Waals surface area contributed by atoms with Crippen LogP contribution in [0.5, 0.6) is 0 Å². The molecule has 2 N–H and O–H groups in total. The van der Waals surface area contributed by atoms with Crippen molar-refractivity contribution in [3.8, 4) is 0 Å². The molecular formula is C12H16FNO2. The monoisotopic (exact) mass is 225 g/mol. The van der Waals surface area contributed by atoms with E-state index in [9.17, 15) is 9.50 Å². The summed E-state index contributed by atoms with van der Waals surface area (Å²) in [6, 6.07) is 6.41. The van der Waals surface area contributed by atoms with Gasteiger partial charge in [0, 0.05) is 19.5 Å². The van der Waals surface area contributed by atoms with Crippen LogP contribution >= 0.6 is 0 Å². The molecule has 0 saturated carbocycles. The van der Waals surface area contributed by atoms with Crippen LogP contribution in [0, 0.1) is 5.82 Å². The van der Waals surface area contributed by atoms with E-state index in [2.05, 4.69) is 5.32 Å². The van der Waals surface area contributed by atoms with Gasteiger partial charge in [-0.05, 0) is 17.7 Å². The summed E-state index contributed by atoms with van der Waals surface area (Å²) >= 11 is 0. The van der Waals surface area contributed by atoms with E-state index in [4.69, 9.17) is 4.74 Å². The summed E-state index contributed by atoms with van der Waals surface area (Å²) in [5.74, 6) is -0.255. The van der Waals surface area contributed by atoms with E-state index in [0.29, 0.717) is 19.6 Å². The molecule has 0 amide bonds. The number of hydrogen-bond acceptors (Lipinski definition) is 3. The van der Waals surface area contributed by atoms with Crippen molar-refractivity contribution in [3.05, 3.63) is 35.6 Å². The highest BCUT2D eigenvalue weighted by Gasteiger charge is 2.32. The molecule has 1 fully saturated rings. The van der Waals surface area contributed by atoms with Crippen LogP contribution < -0.4 is 5.32 Å². The fourth-order valence-electron chi connectivity index (χ4n) is 2.00. The maximum atomic E-state index is 13.0. The number of halogens is 1. The van der Waals surface area contributed by atoms with Crippen LogP contribution in [0.2, 0.25) is 0 Å². The van der Waals surface area contributed by atoms with Crippen molar-refractivity contribution in [1.29, 1.82) is 0 Å². The number of ether oxygens (including phenoxy) is 1. The highest BCUT2D eigenvalue weighted by atomic mass is 19.1. The van der Waals surface area contributed by atoms with E-state index in [1.54, 1.807) is 6.07 Å². The normalized spacial score (nSPS) is 25.6. The summed E-state index contributed by atoms with van der Waals surface area (Å²) in [4.78, 5) is 0. The summed E-state index contributed by atoms with van der Waals surface area (Å²) in [7, 11) is 0. The Balaban J connectivity index is 2.11. The summed E-state index contributed by atoms with van der Waals surface area (Å²) < 4.78 is 18.7. The summed E-state index contributed by atoms with van der Waals surface area (Å²) in [5.41, 5.74) is 0.240. The molecule has 0 aliphatic carbocycles. The fraction of sp³-hybridized carbons (Fsp3) is 0.500. The standard InChI is InChI=1S/C12H16FNO2/c13-11-3-1-2-10(6-11)7-12(9-15)8-14-4-5-16-12/h1-3,6,14-15H,4-5,7-9H2. The van der Waals surface area contributed by atoms with Crippen molar-refractivity contribution in [2.24, 2.45) is 0 Å². The minimum Gasteiger partial charge on any atom is -0.393 e. The summed E-state index contributed by atoms with van der Waals surface area (Å²) in [6.45, 7) is 1.91. The van der Waals surface area contributed by atoms with Gasteiger partial charge in [-0.3, -0.25) is 0 Å². The third-order valence-corrected chi connectivity index (χ3v) is 2.84. The van der Waals surface area contributed by atoms with Gasteiger partial charge < -0.3 is 15.2 Å². The lowest BCUT2D eigenvalue weighted by Gasteiger charge is -2.36. The third-order valence-electron chi connectivity index (χ3n) is 2.84. The first-order chi connectivity index (χ1) is 7.74. The van der Waals surface area contributed by atoms with Crippen molar-refractivity contribution < 1.29 is 14.2 Å². The molecule has 4 heteroatoms. The molecule has 1 aromatic carbocycles. The predicted octanol–water partition coefficient (Wildman–Crippen LogP) is 0.719. The maximum Gasteiger partial charge on any atom is 0.123 e. The number of aliphatic hydroxyl groups is 1. The third kappa shape index (κ3) is 2.58. The van der Waals surface area contributed by atoms with Gasteiger partial charge in [0.2, 0.25) is 0 Å². The smallest absolute Gasteiger partial charge is 0.123 e. The Labute approximate surface area is 94.2 Å². The van der Waals surface area contributed by atoms with Crippen molar-refractivity contribution in [2.45, 2.75) is 12.0 Å². The maximum absolute atomic E-state index is 13.0. The van der Waals surface area contributed by atoms with E-state index >= 15 is 0 Å². The minimum absolute atomic E-state index is 0.0590. The number of rotatable bonds is 3. The van der Waals surface area contributed by atoms with Crippen LogP contribution in [0.25, 0.3) is 0 Å². The van der Waals surface area contributed by atoms with Crippen molar-refractivity contribution in [3.63, 3.8) is 0 Å². The first-order valence-electron chi connectivity index (χ1n) is 5.44. The summed E-state index contributed by atoms with van der Waals surface area (Å²) in [5, 5.41) is 12.6. The number of morpholine rings is 1. The zero-order valence-electron chi connectivity index (χ0n) is 9.08. The van der Waals surface area contributed by atoms with Gasteiger partial charge in [-0.25, -0.2) is 4.39 Å². The highest BCUT2D eigenvalue weighted by Crippen LogP contribution is 2.19. The van der Waals surface area contributed by atoms with Crippen LogP contribution in [0.4, 0.5) is 4.39 Å². The van der Waals surface area contributed by atoms with Gasteiger partial charge in [0.15, 0.2) is 0 Å². The molecule has 88 valence electrons. The second-order valence-electron chi connectivity index (χ2n) is 4.17. The number of aliphatic hydroxyl groups excluding tert-OH is 1. The Hall–Kier alpha value is -0.970. The Kier molecular flexibility index (Phi) is 3.53. The number of benzene rings is 1. The van der Waals surface area contributed by atoms with Crippen LogP contribution in [-0.2, 0) is 11.2 Å². The van der Waals surface area contributed by atoms with E-state index in [1.807, 2.05) is 6.07 Å². The lowest BCUT2D eigenvalue weighted by molar-refractivity contribution is -0.0954. The molecule has 1 unspecified atom stereocenters. The van der Waals surface area contributed by atoms with Gasteiger partial charge in [-0.1, -0.05) is 12.1 Å². The van der Waals surface area contributed by atoms with Crippen LogP contribution in [0.15, 0.2) is 24.3 Å². The Morgan fingerprint density at radius 2 is 2.38 bits per heavy atom. The zero-order valence-corrected chi connectivity index (χ0v) is 9.08. The van der Waals surface area contributed by atoms with Crippen molar-refractivity contribution in [1.82, 2.24) is 5.32 Å². The van der Waals surface area contributed by atoms with Crippen molar-refractivity contribution in [2.75, 3.05) is 26.3 Å². The van der Waals surface area contributed by atoms with Gasteiger partial charge >= 0.3 is 0 Å². The molecule has 0 spiro atoms. The molecule has 1 atom stereocenters. The predicted molar refractivity (Wildman–Crippen MR) is 58.7 cm³/mol. The fourth-order valence-corrected chi connectivity index (χ4v) is 2.00. The van der Waals surface area contributed by atoms with Gasteiger partial charge in [0.1, 0.15) is 11.4 Å². The molecule has 1 aliphatic rings. The number of nitrogens with one attached hydrogen (secondary N) is 1. The molecule has 1 aliphatic heterocycles. The van der Waals surface area contributed by atoms with Crippen LogP contribution in [0.1, 0.15) is 5.56 Å².